The Kier molecular flexibility index (Phi) is 6.88. The first-order chi connectivity index (χ1) is 15.0. The maximum atomic E-state index is 13.7. The van der Waals surface area contributed by atoms with E-state index >= 15 is 0 Å². The van der Waals surface area contributed by atoms with Crippen molar-refractivity contribution >= 4 is 5.91 Å². The molecule has 1 heterocycles. The molecule has 2 fully saturated rings. The summed E-state index contributed by atoms with van der Waals surface area (Å²) < 4.78 is 18.8. The number of carbonyl (C=O) groups is 1. The lowest BCUT2D eigenvalue weighted by Crippen LogP contribution is -2.46. The fourth-order valence-electron chi connectivity index (χ4n) is 4.78. The Balaban J connectivity index is 1.33. The average Bonchev–Trinajstić information content (AvgIpc) is 3.28. The van der Waals surface area contributed by atoms with Crippen molar-refractivity contribution in [1.82, 2.24) is 15.5 Å². The van der Waals surface area contributed by atoms with Gasteiger partial charge in [-0.1, -0.05) is 18.2 Å². The number of methoxy groups -OCH3 is 1. The fourth-order valence-corrected chi connectivity index (χ4v) is 4.78. The van der Waals surface area contributed by atoms with Crippen LogP contribution in [0.5, 0.6) is 5.75 Å². The number of nitrogens with zero attached hydrogens (tertiary/aromatic N) is 1. The Morgan fingerprint density at radius 2 is 1.90 bits per heavy atom. The van der Waals surface area contributed by atoms with E-state index in [1.807, 2.05) is 23.1 Å². The van der Waals surface area contributed by atoms with Crippen LogP contribution in [0.4, 0.5) is 4.39 Å². The van der Waals surface area contributed by atoms with Gasteiger partial charge in [0.25, 0.3) is 5.91 Å². The zero-order valence-corrected chi connectivity index (χ0v) is 18.4. The van der Waals surface area contributed by atoms with Crippen molar-refractivity contribution in [3.8, 4) is 5.75 Å². The van der Waals surface area contributed by atoms with Crippen LogP contribution in [0.3, 0.4) is 0 Å². The number of hydrogen-bond donors (Lipinski definition) is 2. The molecule has 0 aromatic heterocycles. The van der Waals surface area contributed by atoms with Gasteiger partial charge in [0, 0.05) is 43.8 Å². The summed E-state index contributed by atoms with van der Waals surface area (Å²) >= 11 is 0. The molecular formula is C25H32FN3O2. The van der Waals surface area contributed by atoms with Gasteiger partial charge in [-0.3, -0.25) is 4.79 Å². The van der Waals surface area contributed by atoms with Gasteiger partial charge in [0.1, 0.15) is 0 Å². The van der Waals surface area contributed by atoms with Gasteiger partial charge < -0.3 is 20.3 Å². The van der Waals surface area contributed by atoms with Crippen LogP contribution in [0.2, 0.25) is 0 Å². The number of amides is 1. The topological polar surface area (TPSA) is 53.6 Å². The highest BCUT2D eigenvalue weighted by Gasteiger charge is 2.27. The van der Waals surface area contributed by atoms with Crippen LogP contribution in [-0.4, -0.2) is 50.1 Å². The number of benzene rings is 2. The molecule has 3 atom stereocenters. The molecule has 5 nitrogen and oxygen atoms in total. The Hall–Kier alpha value is -2.44. The van der Waals surface area contributed by atoms with E-state index in [-0.39, 0.29) is 23.5 Å². The number of ether oxygens (including phenoxy) is 1. The lowest BCUT2D eigenvalue weighted by Gasteiger charge is -2.27. The maximum Gasteiger partial charge on any atom is 0.253 e. The Morgan fingerprint density at radius 1 is 1.16 bits per heavy atom. The summed E-state index contributed by atoms with van der Waals surface area (Å²) in [5, 5.41) is 6.97. The Bertz CT molecular complexity index is 896. The van der Waals surface area contributed by atoms with E-state index < -0.39 is 0 Å². The highest BCUT2D eigenvalue weighted by Crippen LogP contribution is 2.36. The summed E-state index contributed by atoms with van der Waals surface area (Å²) in [6.07, 6.45) is 3.30. The van der Waals surface area contributed by atoms with E-state index in [0.29, 0.717) is 12.0 Å². The second-order valence-corrected chi connectivity index (χ2v) is 8.65. The third-order valence-electron chi connectivity index (χ3n) is 6.63. The number of piperazine rings is 1. The van der Waals surface area contributed by atoms with E-state index in [4.69, 9.17) is 4.74 Å². The monoisotopic (exact) mass is 425 g/mol. The van der Waals surface area contributed by atoms with Crippen LogP contribution in [0.1, 0.15) is 59.6 Å². The molecule has 166 valence electrons. The lowest BCUT2D eigenvalue weighted by atomic mass is 9.96. The van der Waals surface area contributed by atoms with Crippen molar-refractivity contribution in [2.45, 2.75) is 44.2 Å². The largest absolute Gasteiger partial charge is 0.494 e. The molecule has 2 N–H and O–H groups in total. The zero-order valence-electron chi connectivity index (χ0n) is 18.4. The van der Waals surface area contributed by atoms with Crippen molar-refractivity contribution < 1.29 is 13.9 Å². The summed E-state index contributed by atoms with van der Waals surface area (Å²) in [5.41, 5.74) is 3.10. The number of hydrogen-bond acceptors (Lipinski definition) is 4. The molecule has 0 radical (unpaired) electrons. The van der Waals surface area contributed by atoms with Crippen molar-refractivity contribution in [1.29, 1.82) is 0 Å². The maximum absolute atomic E-state index is 13.7. The summed E-state index contributed by atoms with van der Waals surface area (Å²) in [6.45, 7) is 5.38. The molecule has 31 heavy (non-hydrogen) atoms. The van der Waals surface area contributed by atoms with Crippen LogP contribution in [0.25, 0.3) is 0 Å². The highest BCUT2D eigenvalue weighted by atomic mass is 19.1. The second kappa shape index (κ2) is 9.79. The molecule has 6 heteroatoms. The summed E-state index contributed by atoms with van der Waals surface area (Å²) in [5.74, 6) is 0.572. The van der Waals surface area contributed by atoms with Gasteiger partial charge in [0.2, 0.25) is 0 Å². The predicted molar refractivity (Wildman–Crippen MR) is 120 cm³/mol. The molecule has 2 aromatic rings. The van der Waals surface area contributed by atoms with Crippen LogP contribution in [0, 0.1) is 5.82 Å². The van der Waals surface area contributed by atoms with Crippen LogP contribution >= 0.6 is 0 Å². The van der Waals surface area contributed by atoms with E-state index in [1.54, 1.807) is 6.07 Å². The Morgan fingerprint density at radius 3 is 2.61 bits per heavy atom. The molecular weight excluding hydrogens is 393 g/mol. The molecule has 0 spiro atoms. The smallest absolute Gasteiger partial charge is 0.253 e. The highest BCUT2D eigenvalue weighted by molar-refractivity contribution is 5.94. The molecule has 1 amide bonds. The molecule has 1 aliphatic heterocycles. The molecule has 1 saturated heterocycles. The van der Waals surface area contributed by atoms with Crippen molar-refractivity contribution in [2.24, 2.45) is 0 Å². The molecule has 1 saturated carbocycles. The van der Waals surface area contributed by atoms with Gasteiger partial charge in [-0.2, -0.15) is 0 Å². The van der Waals surface area contributed by atoms with Crippen molar-refractivity contribution in [3.05, 3.63) is 65.0 Å². The van der Waals surface area contributed by atoms with Crippen LogP contribution in [-0.2, 0) is 0 Å². The average molecular weight is 426 g/mol. The number of carbonyl (C=O) groups excluding carboxylic acids is 1. The first kappa shape index (κ1) is 21.8. The standard InChI is InChI=1S/C25H32FN3O2/c1-17(20-8-10-23(26)24(16-20)31-2)28-22-9-7-21(15-22)18-3-5-19(6-4-18)25(30)29-13-11-27-12-14-29/h3-6,8,10,16-17,21-22,27-28H,7,9,11-15H2,1-2H3/t17-,21-,22+/m1/s1. The van der Waals surface area contributed by atoms with E-state index in [0.717, 1.165) is 56.6 Å². The minimum atomic E-state index is -0.335. The molecule has 1 aliphatic carbocycles. The van der Waals surface area contributed by atoms with Crippen LogP contribution < -0.4 is 15.4 Å². The minimum absolute atomic E-state index is 0.122. The molecule has 0 unspecified atom stereocenters. The van der Waals surface area contributed by atoms with Gasteiger partial charge in [-0.15, -0.1) is 0 Å². The van der Waals surface area contributed by atoms with Crippen molar-refractivity contribution in [2.75, 3.05) is 33.3 Å². The third kappa shape index (κ3) is 5.08. The second-order valence-electron chi connectivity index (χ2n) is 8.65. The predicted octanol–water partition coefficient (Wildman–Crippen LogP) is 3.87. The number of halogens is 1. The summed E-state index contributed by atoms with van der Waals surface area (Å²) in [7, 11) is 1.49. The van der Waals surface area contributed by atoms with Gasteiger partial charge in [-0.05, 0) is 67.5 Å². The van der Waals surface area contributed by atoms with E-state index in [1.165, 1.54) is 18.7 Å². The van der Waals surface area contributed by atoms with E-state index in [9.17, 15) is 9.18 Å². The molecule has 4 rings (SSSR count). The minimum Gasteiger partial charge on any atom is -0.494 e. The normalized spacial score (nSPS) is 22.4. The van der Waals surface area contributed by atoms with Crippen LogP contribution in [0.15, 0.2) is 42.5 Å². The zero-order chi connectivity index (χ0) is 21.8. The number of nitrogens with one attached hydrogen (secondary N) is 2. The Labute approximate surface area is 184 Å². The lowest BCUT2D eigenvalue weighted by molar-refractivity contribution is 0.0736. The quantitative estimate of drug-likeness (QED) is 0.738. The molecule has 0 bridgehead atoms. The van der Waals surface area contributed by atoms with Gasteiger partial charge in [-0.25, -0.2) is 4.39 Å². The van der Waals surface area contributed by atoms with Crippen molar-refractivity contribution in [3.63, 3.8) is 0 Å². The fraction of sp³-hybridized carbons (Fsp3) is 0.480. The molecule has 2 aliphatic rings. The van der Waals surface area contributed by atoms with Gasteiger partial charge >= 0.3 is 0 Å². The first-order valence-corrected chi connectivity index (χ1v) is 11.2. The summed E-state index contributed by atoms with van der Waals surface area (Å²) in [4.78, 5) is 14.6. The molecule has 2 aromatic carbocycles. The SMILES string of the molecule is COc1cc([C@@H](C)N[C@H]2CC[C@@H](c3ccc(C(=O)N4CCNCC4)cc3)C2)ccc1F. The first-order valence-electron chi connectivity index (χ1n) is 11.2. The summed E-state index contributed by atoms with van der Waals surface area (Å²) in [6, 6.07) is 13.8. The van der Waals surface area contributed by atoms with Gasteiger partial charge in [0.05, 0.1) is 7.11 Å². The number of rotatable bonds is 6. The van der Waals surface area contributed by atoms with Gasteiger partial charge in [0.15, 0.2) is 11.6 Å². The third-order valence-corrected chi connectivity index (χ3v) is 6.63. The van der Waals surface area contributed by atoms with E-state index in [2.05, 4.69) is 29.7 Å².